The van der Waals surface area contributed by atoms with E-state index in [9.17, 15) is 13.2 Å². The first-order valence-corrected chi connectivity index (χ1v) is 9.28. The second-order valence-corrected chi connectivity index (χ2v) is 9.10. The van der Waals surface area contributed by atoms with Gasteiger partial charge >= 0.3 is 6.18 Å². The van der Waals surface area contributed by atoms with E-state index in [1.54, 1.807) is 24.3 Å². The highest BCUT2D eigenvalue weighted by Gasteiger charge is 2.53. The minimum Gasteiger partial charge on any atom is -0.488 e. The summed E-state index contributed by atoms with van der Waals surface area (Å²) in [7, 11) is 0. The molecule has 0 fully saturated rings. The first-order valence-electron chi connectivity index (χ1n) is 9.28. The van der Waals surface area contributed by atoms with Crippen LogP contribution < -0.4 is 9.47 Å². The maximum absolute atomic E-state index is 14.2. The molecular weight excluding hydrogens is 365 g/mol. The van der Waals surface area contributed by atoms with Crippen molar-refractivity contribution in [2.45, 2.75) is 71.3 Å². The van der Waals surface area contributed by atoms with Crippen molar-refractivity contribution in [2.75, 3.05) is 0 Å². The Kier molecular flexibility index (Phi) is 5.80. The predicted octanol–water partition coefficient (Wildman–Crippen LogP) is 6.91. The summed E-state index contributed by atoms with van der Waals surface area (Å²) in [6, 6.07) is 12.3. The monoisotopic (exact) mass is 394 g/mol. The van der Waals surface area contributed by atoms with Crippen molar-refractivity contribution in [3.63, 3.8) is 0 Å². The van der Waals surface area contributed by atoms with E-state index in [1.807, 2.05) is 41.5 Å². The molecule has 2 aromatic rings. The topological polar surface area (TPSA) is 18.5 Å². The SMILES string of the molecule is CC(C)(C)Oc1ccc(C(C)(c2ccc(OC(C)(C)C)cc2)C(F)(F)F)cc1. The normalized spacial score (nSPS) is 13.4. The molecule has 2 rings (SSSR count). The van der Waals surface area contributed by atoms with Gasteiger partial charge in [0.15, 0.2) is 0 Å². The average Bonchev–Trinajstić information content (AvgIpc) is 2.51. The number of hydrogen-bond acceptors (Lipinski definition) is 2. The third-order valence-corrected chi connectivity index (χ3v) is 4.28. The van der Waals surface area contributed by atoms with Gasteiger partial charge in [-0.1, -0.05) is 24.3 Å². The highest BCUT2D eigenvalue weighted by atomic mass is 19.4. The summed E-state index contributed by atoms with van der Waals surface area (Å²) >= 11 is 0. The van der Waals surface area contributed by atoms with Crippen LogP contribution in [0.3, 0.4) is 0 Å². The molecule has 2 aromatic carbocycles. The van der Waals surface area contributed by atoms with Crippen LogP contribution in [0, 0.1) is 0 Å². The van der Waals surface area contributed by atoms with Crippen LogP contribution in [0.1, 0.15) is 59.6 Å². The lowest BCUT2D eigenvalue weighted by Gasteiger charge is -2.34. The molecule has 2 nitrogen and oxygen atoms in total. The summed E-state index contributed by atoms with van der Waals surface area (Å²) in [6.45, 7) is 12.5. The molecule has 0 N–H and O–H groups in total. The number of hydrogen-bond donors (Lipinski definition) is 0. The van der Waals surface area contributed by atoms with Gasteiger partial charge in [-0.25, -0.2) is 0 Å². The van der Waals surface area contributed by atoms with Gasteiger partial charge in [-0.3, -0.25) is 0 Å². The smallest absolute Gasteiger partial charge is 0.402 e. The van der Waals surface area contributed by atoms with E-state index in [-0.39, 0.29) is 11.1 Å². The van der Waals surface area contributed by atoms with Crippen molar-refractivity contribution < 1.29 is 22.6 Å². The van der Waals surface area contributed by atoms with Gasteiger partial charge < -0.3 is 9.47 Å². The second-order valence-electron chi connectivity index (χ2n) is 9.10. The van der Waals surface area contributed by atoms with Gasteiger partial charge in [-0.2, -0.15) is 13.2 Å². The lowest BCUT2D eigenvalue weighted by atomic mass is 9.75. The van der Waals surface area contributed by atoms with Crippen LogP contribution >= 0.6 is 0 Å². The zero-order chi connectivity index (χ0) is 21.4. The van der Waals surface area contributed by atoms with Gasteiger partial charge in [-0.05, 0) is 83.9 Å². The molecule has 0 radical (unpaired) electrons. The van der Waals surface area contributed by atoms with E-state index in [2.05, 4.69) is 0 Å². The molecular formula is C23H29F3O2. The van der Waals surface area contributed by atoms with Crippen LogP contribution in [0.2, 0.25) is 0 Å². The Hall–Kier alpha value is -2.17. The Morgan fingerprint density at radius 2 is 0.821 bits per heavy atom. The molecule has 0 aliphatic heterocycles. The minimum absolute atomic E-state index is 0.158. The number of alkyl halides is 3. The Bertz CT molecular complexity index is 718. The maximum Gasteiger partial charge on any atom is 0.402 e. The molecule has 0 spiro atoms. The van der Waals surface area contributed by atoms with Gasteiger partial charge in [0.2, 0.25) is 0 Å². The van der Waals surface area contributed by atoms with Crippen LogP contribution in [0.15, 0.2) is 48.5 Å². The minimum atomic E-state index is -4.47. The van der Waals surface area contributed by atoms with Gasteiger partial charge in [0.1, 0.15) is 28.1 Å². The summed E-state index contributed by atoms with van der Waals surface area (Å²) in [6.07, 6.45) is -4.47. The van der Waals surface area contributed by atoms with E-state index in [1.165, 1.54) is 31.2 Å². The van der Waals surface area contributed by atoms with Crippen molar-refractivity contribution in [1.82, 2.24) is 0 Å². The van der Waals surface area contributed by atoms with Gasteiger partial charge in [-0.15, -0.1) is 0 Å². The zero-order valence-corrected chi connectivity index (χ0v) is 17.6. The molecule has 0 heterocycles. The standard InChI is InChI=1S/C23H29F3O2/c1-20(2,3)27-18-12-8-16(9-13-18)22(7,23(24,25)26)17-10-14-19(15-11-17)28-21(4,5)6/h8-15H,1-7H3. The number of rotatable bonds is 4. The molecule has 0 unspecified atom stereocenters. The summed E-state index contributed by atoms with van der Waals surface area (Å²) in [4.78, 5) is 0. The Morgan fingerprint density at radius 1 is 0.536 bits per heavy atom. The molecule has 0 saturated heterocycles. The summed E-state index contributed by atoms with van der Waals surface area (Å²) in [5, 5.41) is 0. The number of halogens is 3. The Morgan fingerprint density at radius 3 is 1.04 bits per heavy atom. The van der Waals surface area contributed by atoms with Crippen LogP contribution in [-0.2, 0) is 5.41 Å². The van der Waals surface area contributed by atoms with E-state index in [0.717, 1.165) is 0 Å². The quantitative estimate of drug-likeness (QED) is 0.561. The lowest BCUT2D eigenvalue weighted by molar-refractivity contribution is -0.173. The molecule has 0 atom stereocenters. The molecule has 0 aromatic heterocycles. The number of benzene rings is 2. The van der Waals surface area contributed by atoms with Crippen LogP contribution in [-0.4, -0.2) is 17.4 Å². The van der Waals surface area contributed by atoms with E-state index >= 15 is 0 Å². The highest BCUT2D eigenvalue weighted by Crippen LogP contribution is 2.46. The fourth-order valence-corrected chi connectivity index (χ4v) is 2.91. The molecule has 5 heteroatoms. The molecule has 0 aliphatic rings. The van der Waals surface area contributed by atoms with Gasteiger partial charge in [0, 0.05) is 0 Å². The summed E-state index contributed by atoms with van der Waals surface area (Å²) in [5.74, 6) is 1.07. The Balaban J connectivity index is 2.42. The van der Waals surface area contributed by atoms with Crippen LogP contribution in [0.5, 0.6) is 11.5 Å². The first-order chi connectivity index (χ1) is 12.6. The third kappa shape index (κ3) is 5.21. The number of ether oxygens (including phenoxy) is 2. The maximum atomic E-state index is 14.2. The van der Waals surface area contributed by atoms with E-state index in [0.29, 0.717) is 11.5 Å². The molecule has 154 valence electrons. The predicted molar refractivity (Wildman–Crippen MR) is 106 cm³/mol. The summed E-state index contributed by atoms with van der Waals surface area (Å²) in [5.41, 5.74) is -2.67. The third-order valence-electron chi connectivity index (χ3n) is 4.28. The molecule has 0 bridgehead atoms. The fourth-order valence-electron chi connectivity index (χ4n) is 2.91. The molecule has 0 aliphatic carbocycles. The molecule has 28 heavy (non-hydrogen) atoms. The Labute approximate surface area is 165 Å². The van der Waals surface area contributed by atoms with Crippen molar-refractivity contribution in [3.8, 4) is 11.5 Å². The second kappa shape index (κ2) is 7.34. The van der Waals surface area contributed by atoms with Gasteiger partial charge in [0.25, 0.3) is 0 Å². The van der Waals surface area contributed by atoms with Crippen molar-refractivity contribution in [2.24, 2.45) is 0 Å². The van der Waals surface area contributed by atoms with Gasteiger partial charge in [0.05, 0.1) is 0 Å². The van der Waals surface area contributed by atoms with Crippen LogP contribution in [0.25, 0.3) is 0 Å². The zero-order valence-electron chi connectivity index (χ0n) is 17.6. The molecule has 0 amide bonds. The van der Waals surface area contributed by atoms with E-state index < -0.39 is 22.8 Å². The fraction of sp³-hybridized carbons (Fsp3) is 0.478. The van der Waals surface area contributed by atoms with Crippen molar-refractivity contribution in [3.05, 3.63) is 59.7 Å². The van der Waals surface area contributed by atoms with Crippen molar-refractivity contribution in [1.29, 1.82) is 0 Å². The first kappa shape index (κ1) is 22.1. The molecule has 0 saturated carbocycles. The summed E-state index contributed by atoms with van der Waals surface area (Å²) < 4.78 is 53.9. The lowest BCUT2D eigenvalue weighted by Crippen LogP contribution is -2.40. The van der Waals surface area contributed by atoms with Crippen LogP contribution in [0.4, 0.5) is 13.2 Å². The van der Waals surface area contributed by atoms with Crippen molar-refractivity contribution >= 4 is 0 Å². The average molecular weight is 394 g/mol. The largest absolute Gasteiger partial charge is 0.488 e. The highest BCUT2D eigenvalue weighted by molar-refractivity contribution is 5.44. The van der Waals surface area contributed by atoms with E-state index in [4.69, 9.17) is 9.47 Å².